The fraction of sp³-hybridized carbons (Fsp3) is 0.111. The molecule has 12 heteroatoms. The molecule has 2 aromatic heterocycles. The maximum absolute atomic E-state index is 13.5. The summed E-state index contributed by atoms with van der Waals surface area (Å²) in [7, 11) is -2.45. The topological polar surface area (TPSA) is 133 Å². The summed E-state index contributed by atoms with van der Waals surface area (Å²) in [6.07, 6.45) is 1.73. The van der Waals surface area contributed by atoms with E-state index in [1.807, 2.05) is 24.3 Å². The molecule has 0 fully saturated rings. The summed E-state index contributed by atoms with van der Waals surface area (Å²) in [4.78, 5) is 21.1. The monoisotopic (exact) mass is 626 g/mol. The molecule has 0 aliphatic heterocycles. The number of ether oxygens (including phenoxy) is 1. The fourth-order valence-electron chi connectivity index (χ4n) is 4.03. The van der Waals surface area contributed by atoms with Gasteiger partial charge in [0.1, 0.15) is 17.5 Å². The molecular formula is C27H23BrN4O5S2. The lowest BCUT2D eigenvalue weighted by Crippen LogP contribution is -2.45. The molecule has 0 spiro atoms. The highest BCUT2D eigenvalue weighted by molar-refractivity contribution is 9.10. The Morgan fingerprint density at radius 1 is 1.13 bits per heavy atom. The first-order valence-electron chi connectivity index (χ1n) is 11.7. The largest absolute Gasteiger partial charge is 0.508 e. The number of benzene rings is 3. The summed E-state index contributed by atoms with van der Waals surface area (Å²) in [5.41, 5.74) is 2.93. The third kappa shape index (κ3) is 6.14. The number of fused-ring (bicyclic) bond motifs is 1. The summed E-state index contributed by atoms with van der Waals surface area (Å²) in [6.45, 7) is 0. The number of aromatic hydroxyl groups is 1. The Labute approximate surface area is 237 Å². The summed E-state index contributed by atoms with van der Waals surface area (Å²) < 4.78 is 34.9. The summed E-state index contributed by atoms with van der Waals surface area (Å²) in [6, 6.07) is 17.1. The molecule has 3 aromatic carbocycles. The molecule has 5 aromatic rings. The lowest BCUT2D eigenvalue weighted by atomic mass is 10.0. The first-order valence-corrected chi connectivity index (χ1v) is 14.8. The molecule has 39 heavy (non-hydrogen) atoms. The van der Waals surface area contributed by atoms with Crippen LogP contribution in [0.5, 0.6) is 11.5 Å². The van der Waals surface area contributed by atoms with Crippen molar-refractivity contribution < 1.29 is 23.1 Å². The van der Waals surface area contributed by atoms with Crippen molar-refractivity contribution in [3.05, 3.63) is 88.3 Å². The second kappa shape index (κ2) is 11.2. The molecule has 0 aliphatic rings. The highest BCUT2D eigenvalue weighted by atomic mass is 79.9. The number of nitrogens with one attached hydrogen (secondary N) is 3. The van der Waals surface area contributed by atoms with Crippen LogP contribution in [0.3, 0.4) is 0 Å². The number of amides is 1. The molecule has 0 saturated heterocycles. The first-order chi connectivity index (χ1) is 18.7. The Hall–Kier alpha value is -3.71. The molecule has 1 atom stereocenters. The van der Waals surface area contributed by atoms with Gasteiger partial charge in [0.15, 0.2) is 5.13 Å². The van der Waals surface area contributed by atoms with Crippen LogP contribution in [-0.2, 0) is 21.2 Å². The molecule has 4 N–H and O–H groups in total. The normalized spacial score (nSPS) is 12.4. The van der Waals surface area contributed by atoms with Crippen molar-refractivity contribution in [2.75, 3.05) is 12.4 Å². The van der Waals surface area contributed by atoms with Crippen LogP contribution in [0.1, 0.15) is 5.56 Å². The van der Waals surface area contributed by atoms with E-state index >= 15 is 0 Å². The number of phenols is 1. The molecular weight excluding hydrogens is 604 g/mol. The number of H-pyrrole nitrogens is 1. The van der Waals surface area contributed by atoms with E-state index in [9.17, 15) is 18.3 Å². The summed E-state index contributed by atoms with van der Waals surface area (Å²) >= 11 is 4.54. The molecule has 2 heterocycles. The number of halogens is 1. The summed E-state index contributed by atoms with van der Waals surface area (Å²) in [5.74, 6) is 0.212. The molecule has 5 rings (SSSR count). The fourth-order valence-corrected chi connectivity index (χ4v) is 6.21. The van der Waals surface area contributed by atoms with Crippen LogP contribution in [0.4, 0.5) is 5.13 Å². The van der Waals surface area contributed by atoms with Gasteiger partial charge in [0.25, 0.3) is 0 Å². The van der Waals surface area contributed by atoms with E-state index in [1.54, 1.807) is 49.0 Å². The SMILES string of the molecule is COc1ccc(-c2csc(NC(=O)C(Cc3c[nH]c4ccc(O)cc34)NS(=O)(=O)c3ccc(Br)cc3)n2)cc1. The Bertz CT molecular complexity index is 1730. The van der Waals surface area contributed by atoms with Gasteiger partial charge in [-0.05, 0) is 78.7 Å². The van der Waals surface area contributed by atoms with Crippen molar-refractivity contribution >= 4 is 59.2 Å². The average molecular weight is 628 g/mol. The second-order valence-corrected chi connectivity index (χ2v) is 12.1. The van der Waals surface area contributed by atoms with Crippen molar-refractivity contribution in [2.24, 2.45) is 0 Å². The molecule has 9 nitrogen and oxygen atoms in total. The number of aromatic amines is 1. The third-order valence-electron chi connectivity index (χ3n) is 6.03. The van der Waals surface area contributed by atoms with Crippen molar-refractivity contribution in [1.29, 1.82) is 0 Å². The van der Waals surface area contributed by atoms with Gasteiger partial charge >= 0.3 is 0 Å². The minimum absolute atomic E-state index is 0.0242. The quantitative estimate of drug-likeness (QED) is 0.175. The Kier molecular flexibility index (Phi) is 7.71. The van der Waals surface area contributed by atoms with Gasteiger partial charge in [-0.15, -0.1) is 11.3 Å². The van der Waals surface area contributed by atoms with E-state index in [0.29, 0.717) is 27.5 Å². The molecule has 200 valence electrons. The number of rotatable bonds is 9. The predicted octanol–water partition coefficient (Wildman–Crippen LogP) is 5.30. The van der Waals surface area contributed by atoms with Crippen molar-refractivity contribution in [2.45, 2.75) is 17.4 Å². The molecule has 1 amide bonds. The summed E-state index contributed by atoms with van der Waals surface area (Å²) in [5, 5.41) is 15.6. The number of anilines is 1. The zero-order valence-corrected chi connectivity index (χ0v) is 23.7. The van der Waals surface area contributed by atoms with Crippen LogP contribution in [0, 0.1) is 0 Å². The third-order valence-corrected chi connectivity index (χ3v) is 8.81. The zero-order chi connectivity index (χ0) is 27.6. The van der Waals surface area contributed by atoms with Crippen LogP contribution in [-0.4, -0.2) is 42.6 Å². The van der Waals surface area contributed by atoms with E-state index in [0.717, 1.165) is 15.6 Å². The number of aromatic nitrogens is 2. The minimum Gasteiger partial charge on any atom is -0.508 e. The number of sulfonamides is 1. The number of hydrogen-bond donors (Lipinski definition) is 4. The van der Waals surface area contributed by atoms with E-state index < -0.39 is 22.0 Å². The Balaban J connectivity index is 1.42. The Morgan fingerprint density at radius 2 is 1.87 bits per heavy atom. The molecule has 0 radical (unpaired) electrons. The zero-order valence-electron chi connectivity index (χ0n) is 20.5. The van der Waals surface area contributed by atoms with Crippen molar-refractivity contribution in [3.63, 3.8) is 0 Å². The van der Waals surface area contributed by atoms with Crippen LogP contribution in [0.25, 0.3) is 22.2 Å². The van der Waals surface area contributed by atoms with Crippen LogP contribution >= 0.6 is 27.3 Å². The van der Waals surface area contributed by atoms with Crippen LogP contribution < -0.4 is 14.8 Å². The highest BCUT2D eigenvalue weighted by Gasteiger charge is 2.28. The first kappa shape index (κ1) is 26.9. The van der Waals surface area contributed by atoms with E-state index in [1.165, 1.54) is 23.5 Å². The van der Waals surface area contributed by atoms with Gasteiger partial charge < -0.3 is 20.1 Å². The maximum atomic E-state index is 13.5. The molecule has 1 unspecified atom stereocenters. The number of carbonyl (C=O) groups is 1. The van der Waals surface area contributed by atoms with Gasteiger partial charge in [-0.2, -0.15) is 4.72 Å². The van der Waals surface area contributed by atoms with Crippen LogP contribution in [0.15, 0.2) is 87.7 Å². The molecule has 0 bridgehead atoms. The molecule has 0 saturated carbocycles. The van der Waals surface area contributed by atoms with Crippen LogP contribution in [0.2, 0.25) is 0 Å². The smallest absolute Gasteiger partial charge is 0.244 e. The Morgan fingerprint density at radius 3 is 2.59 bits per heavy atom. The number of phenolic OH excluding ortho intramolecular Hbond substituents is 1. The standard InChI is InChI=1S/C27H23BrN4O5S2/c1-37-20-7-2-16(3-8-20)25-15-38-27(30-25)31-26(34)24(32-39(35,36)21-9-4-18(28)5-10-21)12-17-14-29-23-11-6-19(33)13-22(17)23/h2-11,13-15,24,29,32-33H,12H2,1H3,(H,30,31,34). The number of hydrogen-bond acceptors (Lipinski definition) is 7. The van der Waals surface area contributed by atoms with Gasteiger partial charge in [0, 0.05) is 32.5 Å². The minimum atomic E-state index is -4.04. The predicted molar refractivity (Wildman–Crippen MR) is 155 cm³/mol. The average Bonchev–Trinajstić information content (AvgIpc) is 3.55. The maximum Gasteiger partial charge on any atom is 0.244 e. The number of nitrogens with zero attached hydrogens (tertiary/aromatic N) is 1. The molecule has 0 aliphatic carbocycles. The lowest BCUT2D eigenvalue weighted by Gasteiger charge is -2.18. The highest BCUT2D eigenvalue weighted by Crippen LogP contribution is 2.28. The number of carbonyl (C=O) groups excluding carboxylic acids is 1. The number of methoxy groups -OCH3 is 1. The van der Waals surface area contributed by atoms with Gasteiger partial charge in [-0.25, -0.2) is 13.4 Å². The number of thiazole rings is 1. The van der Waals surface area contributed by atoms with Gasteiger partial charge in [-0.3, -0.25) is 4.79 Å². The van der Waals surface area contributed by atoms with E-state index in [4.69, 9.17) is 4.74 Å². The van der Waals surface area contributed by atoms with E-state index in [2.05, 4.69) is 35.9 Å². The van der Waals surface area contributed by atoms with Gasteiger partial charge in [0.05, 0.1) is 17.7 Å². The van der Waals surface area contributed by atoms with E-state index in [-0.39, 0.29) is 17.1 Å². The van der Waals surface area contributed by atoms with Gasteiger partial charge in [0.2, 0.25) is 15.9 Å². The van der Waals surface area contributed by atoms with Gasteiger partial charge in [-0.1, -0.05) is 15.9 Å². The second-order valence-electron chi connectivity index (χ2n) is 8.63. The van der Waals surface area contributed by atoms with Crippen molar-refractivity contribution in [1.82, 2.24) is 14.7 Å². The van der Waals surface area contributed by atoms with Crippen molar-refractivity contribution in [3.8, 4) is 22.8 Å². The lowest BCUT2D eigenvalue weighted by molar-refractivity contribution is -0.117.